The van der Waals surface area contributed by atoms with Crippen molar-refractivity contribution in [3.63, 3.8) is 0 Å². The fraction of sp³-hybridized carbons (Fsp3) is 0.188. The molecule has 0 aliphatic carbocycles. The summed E-state index contributed by atoms with van der Waals surface area (Å²) in [7, 11) is 1.77. The van der Waals surface area contributed by atoms with Crippen molar-refractivity contribution < 1.29 is 14.7 Å². The minimum atomic E-state index is -1.14. The second-order valence-corrected chi connectivity index (χ2v) is 5.80. The van der Waals surface area contributed by atoms with Crippen LogP contribution in [0, 0.1) is 0 Å². The van der Waals surface area contributed by atoms with Gasteiger partial charge in [0.15, 0.2) is 11.5 Å². The van der Waals surface area contributed by atoms with Crippen LogP contribution in [0.4, 0.5) is 4.79 Å². The highest BCUT2D eigenvalue weighted by atomic mass is 16.4. The van der Waals surface area contributed by atoms with Gasteiger partial charge < -0.3 is 15.3 Å². The Morgan fingerprint density at radius 2 is 2.12 bits per heavy atom. The average Bonchev–Trinajstić information content (AvgIpc) is 3.13. The topological polar surface area (TPSA) is 113 Å². The van der Waals surface area contributed by atoms with Crippen LogP contribution in [0.2, 0.25) is 0 Å². The molecule has 9 heteroatoms. The molecule has 25 heavy (non-hydrogen) atoms. The molecule has 0 unspecified atom stereocenters. The molecule has 4 rings (SSSR count). The molecule has 3 aromatic rings. The average molecular weight is 338 g/mol. The summed E-state index contributed by atoms with van der Waals surface area (Å²) in [5.41, 5.74) is 3.76. The van der Waals surface area contributed by atoms with E-state index < -0.39 is 6.09 Å². The van der Waals surface area contributed by atoms with E-state index >= 15 is 0 Å². The van der Waals surface area contributed by atoms with E-state index in [2.05, 4.69) is 20.6 Å². The van der Waals surface area contributed by atoms with Crippen molar-refractivity contribution in [3.8, 4) is 11.3 Å². The molecule has 0 bridgehead atoms. The molecule has 2 amide bonds. The van der Waals surface area contributed by atoms with Crippen LogP contribution in [0.25, 0.3) is 16.9 Å². The molecule has 1 aliphatic heterocycles. The Balaban J connectivity index is 1.72. The molecular weight excluding hydrogens is 324 g/mol. The molecule has 0 saturated carbocycles. The lowest BCUT2D eigenvalue weighted by Gasteiger charge is -2.05. The molecule has 1 aromatic carbocycles. The second-order valence-electron chi connectivity index (χ2n) is 5.80. The Kier molecular flexibility index (Phi) is 3.34. The van der Waals surface area contributed by atoms with Crippen molar-refractivity contribution >= 4 is 17.6 Å². The van der Waals surface area contributed by atoms with Gasteiger partial charge in [0.1, 0.15) is 0 Å². The van der Waals surface area contributed by atoms with E-state index in [-0.39, 0.29) is 12.5 Å². The largest absolute Gasteiger partial charge is 0.465 e. The Bertz CT molecular complexity index is 1010. The van der Waals surface area contributed by atoms with Gasteiger partial charge in [-0.15, -0.1) is 10.2 Å². The van der Waals surface area contributed by atoms with E-state index in [1.54, 1.807) is 24.1 Å². The molecule has 0 atom stereocenters. The van der Waals surface area contributed by atoms with Crippen molar-refractivity contribution in [1.82, 2.24) is 30.0 Å². The van der Waals surface area contributed by atoms with Gasteiger partial charge in [-0.05, 0) is 29.8 Å². The molecule has 0 spiro atoms. The predicted octanol–water partition coefficient (Wildman–Crippen LogP) is 1.14. The van der Waals surface area contributed by atoms with Crippen LogP contribution in [0.1, 0.15) is 21.7 Å². The van der Waals surface area contributed by atoms with Crippen molar-refractivity contribution in [3.05, 3.63) is 47.3 Å². The Morgan fingerprint density at radius 3 is 2.92 bits per heavy atom. The van der Waals surface area contributed by atoms with Gasteiger partial charge in [-0.1, -0.05) is 6.07 Å². The SMILES string of the molecule is CN1Cc2cc(-c3ccc4nnc(CNC(=O)O)n4n3)ccc2C1=O. The third-order valence-electron chi connectivity index (χ3n) is 4.11. The maximum Gasteiger partial charge on any atom is 0.405 e. The van der Waals surface area contributed by atoms with Gasteiger partial charge in [-0.25, -0.2) is 4.79 Å². The first-order valence-corrected chi connectivity index (χ1v) is 7.60. The molecule has 1 aliphatic rings. The first-order valence-electron chi connectivity index (χ1n) is 7.60. The van der Waals surface area contributed by atoms with Crippen LogP contribution in [0.15, 0.2) is 30.3 Å². The van der Waals surface area contributed by atoms with E-state index in [0.717, 1.165) is 11.1 Å². The number of nitrogens with one attached hydrogen (secondary N) is 1. The molecular formula is C16H14N6O3. The van der Waals surface area contributed by atoms with Gasteiger partial charge in [0.2, 0.25) is 0 Å². The summed E-state index contributed by atoms with van der Waals surface area (Å²) >= 11 is 0. The number of amides is 2. The van der Waals surface area contributed by atoms with Crippen LogP contribution in [-0.4, -0.2) is 48.9 Å². The molecule has 0 radical (unpaired) electrons. The van der Waals surface area contributed by atoms with E-state index in [4.69, 9.17) is 5.11 Å². The number of carboxylic acid groups (broad SMARTS) is 1. The third kappa shape index (κ3) is 2.55. The smallest absolute Gasteiger partial charge is 0.405 e. The highest BCUT2D eigenvalue weighted by Gasteiger charge is 2.24. The van der Waals surface area contributed by atoms with Gasteiger partial charge in [-0.2, -0.15) is 9.61 Å². The number of hydrogen-bond acceptors (Lipinski definition) is 5. The highest BCUT2D eigenvalue weighted by molar-refractivity contribution is 5.98. The molecule has 3 heterocycles. The fourth-order valence-corrected chi connectivity index (χ4v) is 2.88. The van der Waals surface area contributed by atoms with E-state index in [1.165, 1.54) is 4.52 Å². The molecule has 2 N–H and O–H groups in total. The number of fused-ring (bicyclic) bond motifs is 2. The van der Waals surface area contributed by atoms with Crippen LogP contribution in [0.3, 0.4) is 0 Å². The van der Waals surface area contributed by atoms with Crippen molar-refractivity contribution in [2.75, 3.05) is 7.05 Å². The number of carbonyl (C=O) groups excluding carboxylic acids is 1. The number of carbonyl (C=O) groups is 2. The monoisotopic (exact) mass is 338 g/mol. The molecule has 9 nitrogen and oxygen atoms in total. The Labute approximate surface area is 141 Å². The van der Waals surface area contributed by atoms with Crippen molar-refractivity contribution in [2.24, 2.45) is 0 Å². The van der Waals surface area contributed by atoms with E-state index in [9.17, 15) is 9.59 Å². The van der Waals surface area contributed by atoms with Gasteiger partial charge >= 0.3 is 6.09 Å². The number of rotatable bonds is 3. The highest BCUT2D eigenvalue weighted by Crippen LogP contribution is 2.27. The first kappa shape index (κ1) is 15.1. The summed E-state index contributed by atoms with van der Waals surface area (Å²) < 4.78 is 1.51. The number of benzene rings is 1. The predicted molar refractivity (Wildman–Crippen MR) is 86.9 cm³/mol. The maximum absolute atomic E-state index is 12.0. The fourth-order valence-electron chi connectivity index (χ4n) is 2.88. The lowest BCUT2D eigenvalue weighted by molar-refractivity contribution is 0.0816. The van der Waals surface area contributed by atoms with E-state index in [1.807, 2.05) is 18.2 Å². The zero-order chi connectivity index (χ0) is 17.6. The molecule has 2 aromatic heterocycles. The number of aromatic nitrogens is 4. The minimum Gasteiger partial charge on any atom is -0.465 e. The van der Waals surface area contributed by atoms with Crippen LogP contribution >= 0.6 is 0 Å². The summed E-state index contributed by atoms with van der Waals surface area (Å²) in [4.78, 5) is 24.3. The van der Waals surface area contributed by atoms with Crippen molar-refractivity contribution in [2.45, 2.75) is 13.1 Å². The van der Waals surface area contributed by atoms with Crippen LogP contribution in [0.5, 0.6) is 0 Å². The summed E-state index contributed by atoms with van der Waals surface area (Å²) in [6.07, 6.45) is -1.14. The van der Waals surface area contributed by atoms with Crippen LogP contribution < -0.4 is 5.32 Å². The molecule has 126 valence electrons. The molecule has 0 saturated heterocycles. The van der Waals surface area contributed by atoms with Gasteiger partial charge in [0.05, 0.1) is 12.2 Å². The van der Waals surface area contributed by atoms with E-state index in [0.29, 0.717) is 29.3 Å². The maximum atomic E-state index is 12.0. The quantitative estimate of drug-likeness (QED) is 0.740. The summed E-state index contributed by atoms with van der Waals surface area (Å²) in [5.74, 6) is 0.418. The number of hydrogen-bond donors (Lipinski definition) is 2. The van der Waals surface area contributed by atoms with Crippen LogP contribution in [-0.2, 0) is 13.1 Å². The summed E-state index contributed by atoms with van der Waals surface area (Å²) in [5, 5.41) is 23.4. The Morgan fingerprint density at radius 1 is 1.28 bits per heavy atom. The summed E-state index contributed by atoms with van der Waals surface area (Å²) in [6.45, 7) is 0.584. The second kappa shape index (κ2) is 5.55. The standard InChI is InChI=1S/C16H14N6O3/c1-21-8-10-6-9(2-3-11(10)15(21)23)12-4-5-13-18-19-14(22(13)20-12)7-17-16(24)25/h2-6,17H,7-8H2,1H3,(H,24,25). The third-order valence-corrected chi connectivity index (χ3v) is 4.11. The lowest BCUT2D eigenvalue weighted by atomic mass is 10.0. The van der Waals surface area contributed by atoms with Gasteiger partial charge in [-0.3, -0.25) is 4.79 Å². The summed E-state index contributed by atoms with van der Waals surface area (Å²) in [6, 6.07) is 9.19. The zero-order valence-corrected chi connectivity index (χ0v) is 13.3. The van der Waals surface area contributed by atoms with Gasteiger partial charge in [0.25, 0.3) is 5.91 Å². The first-order chi connectivity index (χ1) is 12.0. The minimum absolute atomic E-state index is 0.0104. The van der Waals surface area contributed by atoms with Gasteiger partial charge in [0, 0.05) is 24.7 Å². The molecule has 0 fully saturated rings. The zero-order valence-electron chi connectivity index (χ0n) is 13.3. The Hall–Kier alpha value is -3.49. The normalized spacial score (nSPS) is 13.3. The lowest BCUT2D eigenvalue weighted by Crippen LogP contribution is -2.21. The number of nitrogens with zero attached hydrogens (tertiary/aromatic N) is 5. The van der Waals surface area contributed by atoms with Crippen molar-refractivity contribution in [1.29, 1.82) is 0 Å².